The molecule has 0 aliphatic carbocycles. The Morgan fingerprint density at radius 1 is 1.50 bits per heavy atom. The third kappa shape index (κ3) is 1.47. The van der Waals surface area contributed by atoms with Crippen LogP contribution in [-0.4, -0.2) is 12.4 Å². The lowest BCUT2D eigenvalue weighted by Gasteiger charge is -2.16. The van der Waals surface area contributed by atoms with Gasteiger partial charge < -0.3 is 4.74 Å². The van der Waals surface area contributed by atoms with Crippen LogP contribution >= 0.6 is 0 Å². The molecule has 1 aromatic rings. The summed E-state index contributed by atoms with van der Waals surface area (Å²) in [5, 5.41) is 8.46. The highest BCUT2D eigenvalue weighted by Gasteiger charge is 2.12. The Morgan fingerprint density at radius 2 is 2.36 bits per heavy atom. The molecule has 0 saturated heterocycles. The number of Topliss-reactive ketones (excluding diaryl/α,β-unsaturated/α-hetero) is 1. The van der Waals surface area contributed by atoms with Crippen molar-refractivity contribution in [2.45, 2.75) is 12.8 Å². The van der Waals surface area contributed by atoms with E-state index in [0.717, 1.165) is 30.8 Å². The van der Waals surface area contributed by atoms with Crippen molar-refractivity contribution < 1.29 is 9.53 Å². The molecule has 0 aromatic heterocycles. The number of nitriles is 1. The summed E-state index contributed by atoms with van der Waals surface area (Å²) < 4.78 is 5.40. The number of nitrogens with zero attached hydrogens (tertiary/aromatic N) is 1. The molecule has 0 saturated carbocycles. The minimum atomic E-state index is -0.488. The Hall–Kier alpha value is -1.82. The number of rotatable bonds is 1. The molecule has 1 aromatic carbocycles. The summed E-state index contributed by atoms with van der Waals surface area (Å²) in [5.74, 6) is 0.351. The molecule has 1 aliphatic heterocycles. The Kier molecular flexibility index (Phi) is 2.19. The molecule has 0 amide bonds. The Labute approximate surface area is 81.9 Å². The number of carbonyl (C=O) groups excluding carboxylic acids is 1. The largest absolute Gasteiger partial charge is 0.493 e. The maximum Gasteiger partial charge on any atom is 0.262 e. The molecule has 0 atom stereocenters. The second kappa shape index (κ2) is 3.51. The van der Waals surface area contributed by atoms with Crippen molar-refractivity contribution in [3.05, 3.63) is 29.3 Å². The van der Waals surface area contributed by atoms with Gasteiger partial charge in [-0.1, -0.05) is 0 Å². The fourth-order valence-corrected chi connectivity index (χ4v) is 1.57. The van der Waals surface area contributed by atoms with Crippen LogP contribution < -0.4 is 4.74 Å². The van der Waals surface area contributed by atoms with Crippen LogP contribution in [0.25, 0.3) is 0 Å². The standard InChI is InChI=1S/C11H9NO2/c12-7-10(13)8-3-4-11-9(6-8)2-1-5-14-11/h3-4,6H,1-2,5H2. The molecule has 14 heavy (non-hydrogen) atoms. The van der Waals surface area contributed by atoms with Crippen molar-refractivity contribution in [2.75, 3.05) is 6.61 Å². The first-order valence-corrected chi connectivity index (χ1v) is 4.51. The zero-order valence-corrected chi connectivity index (χ0v) is 7.62. The maximum absolute atomic E-state index is 11.1. The summed E-state index contributed by atoms with van der Waals surface area (Å²) in [4.78, 5) is 11.1. The molecular weight excluding hydrogens is 178 g/mol. The van der Waals surface area contributed by atoms with E-state index < -0.39 is 5.78 Å². The van der Waals surface area contributed by atoms with E-state index in [-0.39, 0.29) is 0 Å². The van der Waals surface area contributed by atoms with E-state index in [0.29, 0.717) is 5.56 Å². The van der Waals surface area contributed by atoms with Crippen LogP contribution in [0.1, 0.15) is 22.3 Å². The molecule has 3 heteroatoms. The summed E-state index contributed by atoms with van der Waals surface area (Å²) in [6.45, 7) is 0.735. The monoisotopic (exact) mass is 187 g/mol. The van der Waals surface area contributed by atoms with E-state index in [1.165, 1.54) is 0 Å². The van der Waals surface area contributed by atoms with Gasteiger partial charge in [-0.2, -0.15) is 5.26 Å². The van der Waals surface area contributed by atoms with Gasteiger partial charge in [0, 0.05) is 5.56 Å². The average Bonchev–Trinajstić information content (AvgIpc) is 2.27. The molecule has 0 unspecified atom stereocenters. The zero-order chi connectivity index (χ0) is 9.97. The molecule has 0 spiro atoms. The van der Waals surface area contributed by atoms with Crippen molar-refractivity contribution >= 4 is 5.78 Å². The highest BCUT2D eigenvalue weighted by atomic mass is 16.5. The summed E-state index contributed by atoms with van der Waals surface area (Å²) >= 11 is 0. The number of ketones is 1. The molecule has 1 heterocycles. The van der Waals surface area contributed by atoms with Crippen LogP contribution in [0, 0.1) is 11.3 Å². The van der Waals surface area contributed by atoms with Gasteiger partial charge in [-0.25, -0.2) is 0 Å². The average molecular weight is 187 g/mol. The number of hydrogen-bond acceptors (Lipinski definition) is 3. The number of carbonyl (C=O) groups is 1. The molecular formula is C11H9NO2. The van der Waals surface area contributed by atoms with Crippen molar-refractivity contribution in [1.82, 2.24) is 0 Å². The maximum atomic E-state index is 11.1. The second-order valence-corrected chi connectivity index (χ2v) is 3.22. The first kappa shape index (κ1) is 8.76. The van der Waals surface area contributed by atoms with Gasteiger partial charge in [-0.3, -0.25) is 4.79 Å². The Morgan fingerprint density at radius 3 is 3.14 bits per heavy atom. The Balaban J connectivity index is 2.39. The first-order valence-electron chi connectivity index (χ1n) is 4.51. The minimum absolute atomic E-state index is 0.455. The number of fused-ring (bicyclic) bond motifs is 1. The topological polar surface area (TPSA) is 50.1 Å². The molecule has 0 radical (unpaired) electrons. The van der Waals surface area contributed by atoms with Gasteiger partial charge in [-0.05, 0) is 36.6 Å². The van der Waals surface area contributed by atoms with Crippen LogP contribution in [0.3, 0.4) is 0 Å². The fourth-order valence-electron chi connectivity index (χ4n) is 1.57. The van der Waals surface area contributed by atoms with E-state index >= 15 is 0 Å². The van der Waals surface area contributed by atoms with E-state index in [9.17, 15) is 4.79 Å². The van der Waals surface area contributed by atoms with Crippen molar-refractivity contribution in [3.63, 3.8) is 0 Å². The predicted octanol–water partition coefficient (Wildman–Crippen LogP) is 1.72. The minimum Gasteiger partial charge on any atom is -0.493 e. The van der Waals surface area contributed by atoms with Crippen LogP contribution in [0.2, 0.25) is 0 Å². The fraction of sp³-hybridized carbons (Fsp3) is 0.273. The molecule has 0 fully saturated rings. The van der Waals surface area contributed by atoms with Gasteiger partial charge in [0.05, 0.1) is 6.61 Å². The highest BCUT2D eigenvalue weighted by molar-refractivity contribution is 6.07. The van der Waals surface area contributed by atoms with Gasteiger partial charge in [0.25, 0.3) is 5.78 Å². The molecule has 2 rings (SSSR count). The lowest BCUT2D eigenvalue weighted by molar-refractivity contribution is 0.105. The highest BCUT2D eigenvalue weighted by Crippen LogP contribution is 2.25. The lowest BCUT2D eigenvalue weighted by atomic mass is 10.0. The lowest BCUT2D eigenvalue weighted by Crippen LogP contribution is -2.09. The number of hydrogen-bond donors (Lipinski definition) is 0. The smallest absolute Gasteiger partial charge is 0.262 e. The third-order valence-electron chi connectivity index (χ3n) is 2.27. The van der Waals surface area contributed by atoms with Gasteiger partial charge in [-0.15, -0.1) is 0 Å². The number of benzene rings is 1. The number of aryl methyl sites for hydroxylation is 1. The molecule has 70 valence electrons. The van der Waals surface area contributed by atoms with Crippen LogP contribution in [0.15, 0.2) is 18.2 Å². The van der Waals surface area contributed by atoms with Gasteiger partial charge in [0.1, 0.15) is 11.8 Å². The van der Waals surface area contributed by atoms with E-state index in [1.54, 1.807) is 24.3 Å². The van der Waals surface area contributed by atoms with Crippen molar-refractivity contribution in [1.29, 1.82) is 5.26 Å². The zero-order valence-electron chi connectivity index (χ0n) is 7.62. The van der Waals surface area contributed by atoms with Crippen molar-refractivity contribution in [2.24, 2.45) is 0 Å². The first-order chi connectivity index (χ1) is 6.81. The molecule has 3 nitrogen and oxygen atoms in total. The summed E-state index contributed by atoms with van der Waals surface area (Å²) in [6, 6.07) is 6.76. The van der Waals surface area contributed by atoms with Crippen molar-refractivity contribution in [3.8, 4) is 11.8 Å². The van der Waals surface area contributed by atoms with E-state index in [4.69, 9.17) is 10.00 Å². The summed E-state index contributed by atoms with van der Waals surface area (Å²) in [5.41, 5.74) is 1.48. The van der Waals surface area contributed by atoms with Gasteiger partial charge in [0.15, 0.2) is 0 Å². The van der Waals surface area contributed by atoms with E-state index in [2.05, 4.69) is 0 Å². The van der Waals surface area contributed by atoms with Crippen LogP contribution in [-0.2, 0) is 6.42 Å². The predicted molar refractivity (Wildman–Crippen MR) is 50.2 cm³/mol. The molecule has 0 N–H and O–H groups in total. The normalized spacial score (nSPS) is 13.6. The summed E-state index contributed by atoms with van der Waals surface area (Å²) in [7, 11) is 0. The summed E-state index contributed by atoms with van der Waals surface area (Å²) in [6.07, 6.45) is 1.89. The van der Waals surface area contributed by atoms with Crippen LogP contribution in [0.5, 0.6) is 5.75 Å². The second-order valence-electron chi connectivity index (χ2n) is 3.22. The molecule has 0 bridgehead atoms. The quantitative estimate of drug-likeness (QED) is 0.496. The van der Waals surface area contributed by atoms with E-state index in [1.807, 2.05) is 0 Å². The van der Waals surface area contributed by atoms with Crippen LogP contribution in [0.4, 0.5) is 0 Å². The molecule has 1 aliphatic rings. The third-order valence-corrected chi connectivity index (χ3v) is 2.27. The Bertz CT molecular complexity index is 418. The SMILES string of the molecule is N#CC(=O)c1ccc2c(c1)CCCO2. The van der Waals surface area contributed by atoms with Gasteiger partial charge >= 0.3 is 0 Å². The van der Waals surface area contributed by atoms with Gasteiger partial charge in [0.2, 0.25) is 0 Å². The number of ether oxygens (including phenoxy) is 1.